The zero-order valence-electron chi connectivity index (χ0n) is 13.6. The number of nitrogens with zero attached hydrogens (tertiary/aromatic N) is 1. The van der Waals surface area contributed by atoms with E-state index in [-0.39, 0.29) is 24.6 Å². The van der Waals surface area contributed by atoms with Gasteiger partial charge in [0.1, 0.15) is 0 Å². The summed E-state index contributed by atoms with van der Waals surface area (Å²) in [6, 6.07) is 10.1. The first kappa shape index (κ1) is 16.9. The van der Waals surface area contributed by atoms with Crippen LogP contribution < -0.4 is 5.32 Å². The van der Waals surface area contributed by atoms with Crippen molar-refractivity contribution in [2.24, 2.45) is 5.92 Å². The average molecular weight is 338 g/mol. The van der Waals surface area contributed by atoms with Gasteiger partial charge < -0.3 is 10.4 Å². The fraction of sp³-hybridized carbons (Fsp3) is 0.647. The molecule has 5 nitrogen and oxygen atoms in total. The van der Waals surface area contributed by atoms with Crippen molar-refractivity contribution in [2.45, 2.75) is 37.3 Å². The van der Waals surface area contributed by atoms with E-state index >= 15 is 0 Å². The summed E-state index contributed by atoms with van der Waals surface area (Å²) >= 11 is 0. The van der Waals surface area contributed by atoms with Gasteiger partial charge in [0, 0.05) is 31.1 Å². The molecule has 1 saturated carbocycles. The van der Waals surface area contributed by atoms with Gasteiger partial charge in [-0.2, -0.15) is 0 Å². The minimum Gasteiger partial charge on any atom is -0.395 e. The van der Waals surface area contributed by atoms with Gasteiger partial charge in [-0.25, -0.2) is 12.7 Å². The molecule has 1 aromatic carbocycles. The third-order valence-electron chi connectivity index (χ3n) is 5.23. The Labute approximate surface area is 138 Å². The first-order valence-corrected chi connectivity index (χ1v) is 10.2. The zero-order valence-corrected chi connectivity index (χ0v) is 14.4. The quantitative estimate of drug-likeness (QED) is 0.783. The number of nitrogens with one attached hydrogen (secondary N) is 1. The smallest absolute Gasteiger partial charge is 0.211 e. The Kier molecular flexibility index (Phi) is 5.06. The van der Waals surface area contributed by atoms with Crippen LogP contribution in [0.15, 0.2) is 30.3 Å². The van der Waals surface area contributed by atoms with E-state index in [0.717, 1.165) is 18.4 Å². The van der Waals surface area contributed by atoms with Crippen molar-refractivity contribution in [3.05, 3.63) is 35.9 Å². The molecule has 1 aromatic rings. The Balaban J connectivity index is 1.71. The molecule has 0 bridgehead atoms. The fourth-order valence-electron chi connectivity index (χ4n) is 3.64. The van der Waals surface area contributed by atoms with Crippen molar-refractivity contribution in [3.8, 4) is 0 Å². The molecule has 0 unspecified atom stereocenters. The molecule has 0 amide bonds. The Morgan fingerprint density at radius 3 is 2.39 bits per heavy atom. The lowest BCUT2D eigenvalue weighted by Crippen LogP contribution is -2.65. The molecule has 3 atom stereocenters. The van der Waals surface area contributed by atoms with E-state index in [0.29, 0.717) is 19.0 Å². The number of rotatable bonds is 7. The number of sulfonamides is 1. The molecule has 128 valence electrons. The zero-order chi connectivity index (χ0) is 16.4. The van der Waals surface area contributed by atoms with E-state index in [1.165, 1.54) is 12.7 Å². The number of hydrogen-bond donors (Lipinski definition) is 2. The SMILES string of the molecule is CS(=O)(=O)N(CC1CCC1)C[C@@H]1N[C@@H](CO)[C@@H]1c1ccccc1. The molecule has 0 aromatic heterocycles. The molecule has 0 radical (unpaired) electrons. The van der Waals surface area contributed by atoms with Crippen LogP contribution in [0.1, 0.15) is 30.7 Å². The maximum Gasteiger partial charge on any atom is 0.211 e. The molecule has 1 aliphatic carbocycles. The van der Waals surface area contributed by atoms with Gasteiger partial charge in [-0.1, -0.05) is 36.8 Å². The summed E-state index contributed by atoms with van der Waals surface area (Å²) in [5.41, 5.74) is 1.16. The fourth-order valence-corrected chi connectivity index (χ4v) is 4.56. The lowest BCUT2D eigenvalue weighted by Gasteiger charge is -2.47. The van der Waals surface area contributed by atoms with Crippen molar-refractivity contribution >= 4 is 10.0 Å². The van der Waals surface area contributed by atoms with Crippen LogP contribution in [0.3, 0.4) is 0 Å². The number of hydrogen-bond acceptors (Lipinski definition) is 4. The molecule has 1 aliphatic heterocycles. The van der Waals surface area contributed by atoms with E-state index < -0.39 is 10.0 Å². The topological polar surface area (TPSA) is 69.6 Å². The predicted octanol–water partition coefficient (Wildman–Crippen LogP) is 1.16. The van der Waals surface area contributed by atoms with Gasteiger partial charge in [0.25, 0.3) is 0 Å². The largest absolute Gasteiger partial charge is 0.395 e. The minimum absolute atomic E-state index is 0.00696. The molecule has 0 spiro atoms. The second kappa shape index (κ2) is 6.89. The van der Waals surface area contributed by atoms with Crippen LogP contribution in [0.2, 0.25) is 0 Å². The average Bonchev–Trinajstić information content (AvgIpc) is 2.43. The molecule has 23 heavy (non-hydrogen) atoms. The van der Waals surface area contributed by atoms with Gasteiger partial charge in [-0.15, -0.1) is 0 Å². The third-order valence-corrected chi connectivity index (χ3v) is 6.47. The highest BCUT2D eigenvalue weighted by Crippen LogP contribution is 2.34. The summed E-state index contributed by atoms with van der Waals surface area (Å²) in [5, 5.41) is 12.9. The highest BCUT2D eigenvalue weighted by atomic mass is 32.2. The monoisotopic (exact) mass is 338 g/mol. The molecule has 2 N–H and O–H groups in total. The first-order chi connectivity index (χ1) is 11.0. The minimum atomic E-state index is -3.21. The first-order valence-electron chi connectivity index (χ1n) is 8.36. The van der Waals surface area contributed by atoms with E-state index in [1.54, 1.807) is 4.31 Å². The second-order valence-electron chi connectivity index (χ2n) is 6.88. The second-order valence-corrected chi connectivity index (χ2v) is 8.86. The van der Waals surface area contributed by atoms with Gasteiger partial charge in [-0.3, -0.25) is 0 Å². The Morgan fingerprint density at radius 2 is 1.87 bits per heavy atom. The summed E-state index contributed by atoms with van der Waals surface area (Å²) in [6.07, 6.45) is 4.77. The van der Waals surface area contributed by atoms with Crippen molar-refractivity contribution in [3.63, 3.8) is 0 Å². The predicted molar refractivity (Wildman–Crippen MR) is 90.7 cm³/mol. The van der Waals surface area contributed by atoms with Gasteiger partial charge in [-0.05, 0) is 24.3 Å². The lowest BCUT2D eigenvalue weighted by molar-refractivity contribution is 0.109. The molecule has 1 saturated heterocycles. The number of aliphatic hydroxyl groups excluding tert-OH is 1. The Bertz CT molecular complexity index is 616. The molecular formula is C17H26N2O3S. The van der Waals surface area contributed by atoms with Gasteiger partial charge in [0.05, 0.1) is 12.9 Å². The molecule has 2 fully saturated rings. The molecular weight excluding hydrogens is 312 g/mol. The standard InChI is InChI=1S/C17H26N2O3S/c1-23(21,22)19(10-13-6-5-7-13)11-15-17(16(12-20)18-15)14-8-3-2-4-9-14/h2-4,8-9,13,15-18,20H,5-7,10-12H2,1H3/t15-,16-,17+/m0/s1. The lowest BCUT2D eigenvalue weighted by atomic mass is 9.77. The summed E-state index contributed by atoms with van der Waals surface area (Å²) in [6.45, 7) is 1.17. The highest BCUT2D eigenvalue weighted by molar-refractivity contribution is 7.88. The number of benzene rings is 1. The van der Waals surface area contributed by atoms with Crippen LogP contribution in [0.5, 0.6) is 0 Å². The van der Waals surface area contributed by atoms with E-state index in [1.807, 2.05) is 18.2 Å². The van der Waals surface area contributed by atoms with Crippen molar-refractivity contribution < 1.29 is 13.5 Å². The van der Waals surface area contributed by atoms with Crippen molar-refractivity contribution in [1.82, 2.24) is 9.62 Å². The van der Waals surface area contributed by atoms with Crippen molar-refractivity contribution in [1.29, 1.82) is 0 Å². The van der Waals surface area contributed by atoms with Crippen LogP contribution in [-0.2, 0) is 10.0 Å². The maximum absolute atomic E-state index is 12.1. The van der Waals surface area contributed by atoms with Crippen LogP contribution in [0.25, 0.3) is 0 Å². The van der Waals surface area contributed by atoms with Crippen LogP contribution >= 0.6 is 0 Å². The van der Waals surface area contributed by atoms with E-state index in [4.69, 9.17) is 0 Å². The Morgan fingerprint density at radius 1 is 1.17 bits per heavy atom. The summed E-state index contributed by atoms with van der Waals surface area (Å²) in [5.74, 6) is 0.667. The molecule has 3 rings (SSSR count). The maximum atomic E-state index is 12.1. The Hall–Kier alpha value is -0.950. The summed E-state index contributed by atoms with van der Waals surface area (Å²) in [7, 11) is -3.21. The number of aliphatic hydroxyl groups is 1. The van der Waals surface area contributed by atoms with Crippen LogP contribution in [-0.4, -0.2) is 55.9 Å². The van der Waals surface area contributed by atoms with Gasteiger partial charge in [0.2, 0.25) is 10.0 Å². The third kappa shape index (κ3) is 3.76. The van der Waals surface area contributed by atoms with Gasteiger partial charge in [0.15, 0.2) is 0 Å². The molecule has 2 aliphatic rings. The van der Waals surface area contributed by atoms with E-state index in [9.17, 15) is 13.5 Å². The normalized spacial score (nSPS) is 28.4. The highest BCUT2D eigenvalue weighted by Gasteiger charge is 2.43. The molecule has 6 heteroatoms. The summed E-state index contributed by atoms with van der Waals surface area (Å²) in [4.78, 5) is 0. The van der Waals surface area contributed by atoms with E-state index in [2.05, 4.69) is 17.4 Å². The molecule has 1 heterocycles. The van der Waals surface area contributed by atoms with Crippen molar-refractivity contribution in [2.75, 3.05) is 26.0 Å². The van der Waals surface area contributed by atoms with Crippen LogP contribution in [0, 0.1) is 5.92 Å². The van der Waals surface area contributed by atoms with Gasteiger partial charge >= 0.3 is 0 Å². The van der Waals surface area contributed by atoms with Crippen LogP contribution in [0.4, 0.5) is 0 Å². The summed E-state index contributed by atoms with van der Waals surface area (Å²) < 4.78 is 25.9.